The molecule has 0 spiro atoms. The number of aryl methyl sites for hydroxylation is 1. The standard InChI is InChI=1S/C19H29N5O2/c1-22-17(6-9-20-22)19(26)23-11-7-16(8-12-23)24-10-2-3-14(13-24)18(25)21-15-4-5-15/h6,9,14-16H,2-5,7-8,10-13H2,1H3,(H,21,25). The van der Waals surface area contributed by atoms with Crippen LogP contribution in [0.2, 0.25) is 0 Å². The van der Waals surface area contributed by atoms with Crippen molar-refractivity contribution >= 4 is 11.8 Å². The van der Waals surface area contributed by atoms with E-state index in [9.17, 15) is 9.59 Å². The molecule has 1 saturated carbocycles. The zero-order valence-corrected chi connectivity index (χ0v) is 15.6. The number of nitrogens with one attached hydrogen (secondary N) is 1. The third kappa shape index (κ3) is 3.77. The number of likely N-dealkylation sites (tertiary alicyclic amines) is 2. The summed E-state index contributed by atoms with van der Waals surface area (Å²) in [6, 6.07) is 2.71. The number of amides is 2. The maximum atomic E-state index is 12.6. The second kappa shape index (κ2) is 7.39. The molecule has 1 atom stereocenters. The molecule has 7 heteroatoms. The van der Waals surface area contributed by atoms with Crippen LogP contribution in [0.1, 0.15) is 49.0 Å². The average molecular weight is 359 g/mol. The summed E-state index contributed by atoms with van der Waals surface area (Å²) < 4.78 is 1.64. The Labute approximate surface area is 154 Å². The van der Waals surface area contributed by atoms with E-state index >= 15 is 0 Å². The van der Waals surface area contributed by atoms with Gasteiger partial charge in [-0.15, -0.1) is 0 Å². The molecule has 1 N–H and O–H groups in total. The molecule has 3 aliphatic rings. The molecule has 1 aromatic rings. The van der Waals surface area contributed by atoms with Gasteiger partial charge in [0.05, 0.1) is 5.92 Å². The molecule has 2 saturated heterocycles. The number of carbonyl (C=O) groups is 2. The lowest BCUT2D eigenvalue weighted by Gasteiger charge is -2.42. The number of hydrogen-bond donors (Lipinski definition) is 1. The number of hydrogen-bond acceptors (Lipinski definition) is 4. The van der Waals surface area contributed by atoms with Gasteiger partial charge in [-0.05, 0) is 51.1 Å². The van der Waals surface area contributed by atoms with Gasteiger partial charge in [-0.3, -0.25) is 19.2 Å². The van der Waals surface area contributed by atoms with Gasteiger partial charge in [-0.1, -0.05) is 0 Å². The fourth-order valence-electron chi connectivity index (χ4n) is 4.28. The molecule has 142 valence electrons. The third-order valence-corrected chi connectivity index (χ3v) is 6.06. The van der Waals surface area contributed by atoms with Crippen molar-refractivity contribution < 1.29 is 9.59 Å². The monoisotopic (exact) mass is 359 g/mol. The minimum absolute atomic E-state index is 0.0729. The smallest absolute Gasteiger partial charge is 0.272 e. The van der Waals surface area contributed by atoms with Crippen LogP contribution in [0.3, 0.4) is 0 Å². The molecular formula is C19H29N5O2. The Morgan fingerprint density at radius 1 is 1.12 bits per heavy atom. The van der Waals surface area contributed by atoms with E-state index in [1.54, 1.807) is 24.0 Å². The van der Waals surface area contributed by atoms with Crippen LogP contribution in [0.15, 0.2) is 12.3 Å². The lowest BCUT2D eigenvalue weighted by atomic mass is 9.93. The highest BCUT2D eigenvalue weighted by atomic mass is 16.2. The van der Waals surface area contributed by atoms with Gasteiger partial charge in [0.2, 0.25) is 5.91 Å². The van der Waals surface area contributed by atoms with Crippen LogP contribution in [-0.2, 0) is 11.8 Å². The van der Waals surface area contributed by atoms with Gasteiger partial charge in [0.25, 0.3) is 5.91 Å². The SMILES string of the molecule is Cn1nccc1C(=O)N1CCC(N2CCCC(C(=O)NC3CC3)C2)CC1. The maximum Gasteiger partial charge on any atom is 0.272 e. The fraction of sp³-hybridized carbons (Fsp3) is 0.737. The first kappa shape index (κ1) is 17.5. The molecule has 2 amide bonds. The molecule has 7 nitrogen and oxygen atoms in total. The Hall–Kier alpha value is -1.89. The quantitative estimate of drug-likeness (QED) is 0.871. The summed E-state index contributed by atoms with van der Waals surface area (Å²) in [6.45, 7) is 3.51. The Morgan fingerprint density at radius 3 is 2.54 bits per heavy atom. The second-order valence-electron chi connectivity index (χ2n) is 7.98. The highest BCUT2D eigenvalue weighted by Gasteiger charge is 2.34. The summed E-state index contributed by atoms with van der Waals surface area (Å²) in [5, 5.41) is 7.26. The number of nitrogens with zero attached hydrogens (tertiary/aromatic N) is 4. The van der Waals surface area contributed by atoms with Crippen molar-refractivity contribution in [3.05, 3.63) is 18.0 Å². The van der Waals surface area contributed by atoms with Gasteiger partial charge >= 0.3 is 0 Å². The molecule has 0 radical (unpaired) electrons. The number of rotatable bonds is 4. The zero-order valence-electron chi connectivity index (χ0n) is 15.6. The summed E-state index contributed by atoms with van der Waals surface area (Å²) in [4.78, 5) is 29.4. The van der Waals surface area contributed by atoms with Gasteiger partial charge in [0.1, 0.15) is 5.69 Å². The molecular weight excluding hydrogens is 330 g/mol. The molecule has 1 aromatic heterocycles. The summed E-state index contributed by atoms with van der Waals surface area (Å²) >= 11 is 0. The van der Waals surface area contributed by atoms with Gasteiger partial charge < -0.3 is 10.2 Å². The van der Waals surface area contributed by atoms with Crippen LogP contribution in [0.4, 0.5) is 0 Å². The fourth-order valence-corrected chi connectivity index (χ4v) is 4.28. The van der Waals surface area contributed by atoms with Crippen LogP contribution in [-0.4, -0.2) is 69.7 Å². The van der Waals surface area contributed by atoms with Crippen LogP contribution in [0.5, 0.6) is 0 Å². The Balaban J connectivity index is 1.29. The Bertz CT molecular complexity index is 661. The first-order valence-electron chi connectivity index (χ1n) is 9.93. The van der Waals surface area contributed by atoms with Crippen molar-refractivity contribution in [2.75, 3.05) is 26.2 Å². The largest absolute Gasteiger partial charge is 0.353 e. The first-order chi connectivity index (χ1) is 12.6. The maximum absolute atomic E-state index is 12.6. The van der Waals surface area contributed by atoms with E-state index in [4.69, 9.17) is 0 Å². The van der Waals surface area contributed by atoms with E-state index in [2.05, 4.69) is 15.3 Å². The topological polar surface area (TPSA) is 70.5 Å². The highest BCUT2D eigenvalue weighted by Crippen LogP contribution is 2.26. The average Bonchev–Trinajstić information content (AvgIpc) is 3.39. The molecule has 26 heavy (non-hydrogen) atoms. The van der Waals surface area contributed by atoms with Crippen LogP contribution in [0.25, 0.3) is 0 Å². The molecule has 1 unspecified atom stereocenters. The lowest BCUT2D eigenvalue weighted by molar-refractivity contribution is -0.127. The van der Waals surface area contributed by atoms with Gasteiger partial charge in [0.15, 0.2) is 0 Å². The van der Waals surface area contributed by atoms with E-state index in [1.807, 2.05) is 4.90 Å². The van der Waals surface area contributed by atoms with Crippen molar-refractivity contribution in [2.45, 2.75) is 50.6 Å². The third-order valence-electron chi connectivity index (χ3n) is 6.06. The summed E-state index contributed by atoms with van der Waals surface area (Å²) in [5.41, 5.74) is 0.651. The summed E-state index contributed by atoms with van der Waals surface area (Å²) in [7, 11) is 1.81. The van der Waals surface area contributed by atoms with Crippen molar-refractivity contribution in [3.63, 3.8) is 0 Å². The van der Waals surface area contributed by atoms with Crippen molar-refractivity contribution in [3.8, 4) is 0 Å². The minimum atomic E-state index is 0.0729. The lowest BCUT2D eigenvalue weighted by Crippen LogP contribution is -2.51. The molecule has 3 fully saturated rings. The van der Waals surface area contributed by atoms with Crippen LogP contribution < -0.4 is 5.32 Å². The van der Waals surface area contributed by atoms with Crippen LogP contribution >= 0.6 is 0 Å². The Kier molecular flexibility index (Phi) is 4.98. The number of aromatic nitrogens is 2. The van der Waals surface area contributed by atoms with Gasteiger partial charge in [0, 0.05) is 45.0 Å². The predicted molar refractivity (Wildman–Crippen MR) is 97.6 cm³/mol. The summed E-state index contributed by atoms with van der Waals surface area (Å²) in [6.07, 6.45) is 8.03. The number of piperidine rings is 2. The molecule has 1 aliphatic carbocycles. The highest BCUT2D eigenvalue weighted by molar-refractivity contribution is 5.92. The first-order valence-corrected chi connectivity index (χ1v) is 9.93. The minimum Gasteiger partial charge on any atom is -0.353 e. The molecule has 2 aliphatic heterocycles. The van der Waals surface area contributed by atoms with Gasteiger partial charge in [-0.25, -0.2) is 0 Å². The van der Waals surface area contributed by atoms with Crippen molar-refractivity contribution in [1.29, 1.82) is 0 Å². The van der Waals surface area contributed by atoms with E-state index in [1.165, 1.54) is 0 Å². The van der Waals surface area contributed by atoms with E-state index < -0.39 is 0 Å². The second-order valence-corrected chi connectivity index (χ2v) is 7.98. The van der Waals surface area contributed by atoms with E-state index in [0.29, 0.717) is 17.8 Å². The Morgan fingerprint density at radius 2 is 1.88 bits per heavy atom. The molecule has 4 rings (SSSR count). The molecule has 0 aromatic carbocycles. The zero-order chi connectivity index (χ0) is 18.1. The predicted octanol–water partition coefficient (Wildman–Crippen LogP) is 1.02. The van der Waals surface area contributed by atoms with E-state index in [-0.39, 0.29) is 17.7 Å². The molecule has 3 heterocycles. The summed E-state index contributed by atoms with van der Waals surface area (Å²) in [5.74, 6) is 0.461. The van der Waals surface area contributed by atoms with Crippen LogP contribution in [0, 0.1) is 5.92 Å². The van der Waals surface area contributed by atoms with E-state index in [0.717, 1.165) is 64.7 Å². The van der Waals surface area contributed by atoms with Crippen molar-refractivity contribution in [1.82, 2.24) is 24.9 Å². The normalized spacial score (nSPS) is 25.3. The number of carbonyl (C=O) groups excluding carboxylic acids is 2. The van der Waals surface area contributed by atoms with Gasteiger partial charge in [-0.2, -0.15) is 5.10 Å². The van der Waals surface area contributed by atoms with Crippen molar-refractivity contribution in [2.24, 2.45) is 13.0 Å². The molecule has 0 bridgehead atoms.